The molecule has 0 radical (unpaired) electrons. The summed E-state index contributed by atoms with van der Waals surface area (Å²) in [5, 5.41) is 5.89. The fraction of sp³-hybridized carbons (Fsp3) is 0.397. The predicted molar refractivity (Wildman–Crippen MR) is 294 cm³/mol. The summed E-state index contributed by atoms with van der Waals surface area (Å²) in [6.07, 6.45) is 24.2. The van der Waals surface area contributed by atoms with E-state index in [1.807, 2.05) is 0 Å². The first-order chi connectivity index (χ1) is 33.9. The lowest BCUT2D eigenvalue weighted by molar-refractivity contribution is -0.866. The normalized spacial score (nSPS) is 19.0. The zero-order valence-corrected chi connectivity index (χ0v) is 43.5. The van der Waals surface area contributed by atoms with E-state index in [0.717, 1.165) is 37.2 Å². The van der Waals surface area contributed by atoms with E-state index in [4.69, 9.17) is 9.47 Å². The maximum Gasteiger partial charge on any atom is 0.704 e. The molecule has 3 aliphatic heterocycles. The van der Waals surface area contributed by atoms with Gasteiger partial charge in [0.05, 0.1) is 11.1 Å². The molecule has 1 saturated carbocycles. The van der Waals surface area contributed by atoms with Gasteiger partial charge in [-0.2, -0.15) is 0 Å². The Morgan fingerprint density at radius 1 is 0.493 bits per heavy atom. The Balaban J connectivity index is 0.979. The van der Waals surface area contributed by atoms with E-state index in [1.165, 1.54) is 131 Å². The Morgan fingerprint density at radius 2 is 0.841 bits per heavy atom. The molecule has 6 aromatic carbocycles. The van der Waals surface area contributed by atoms with Crippen molar-refractivity contribution in [2.75, 3.05) is 12.3 Å². The molecule has 0 bridgehead atoms. The van der Waals surface area contributed by atoms with Crippen molar-refractivity contribution in [1.29, 1.82) is 0 Å². The van der Waals surface area contributed by atoms with Gasteiger partial charge in [-0.25, -0.2) is 0 Å². The van der Waals surface area contributed by atoms with E-state index < -0.39 is 21.9 Å². The Bertz CT molecular complexity index is 2550. The second-order valence-electron chi connectivity index (χ2n) is 20.4. The van der Waals surface area contributed by atoms with Crippen LogP contribution >= 0.6 is 15.8 Å². The molecule has 69 heavy (non-hydrogen) atoms. The van der Waals surface area contributed by atoms with Gasteiger partial charge in [0.25, 0.3) is 0 Å². The number of nitrogens with zero attached hydrogens (tertiary/aromatic N) is 2. The number of rotatable bonds is 20. The van der Waals surface area contributed by atoms with Crippen LogP contribution in [-0.4, -0.2) is 52.0 Å². The number of fused-ring (bicyclic) bond motifs is 5. The first kappa shape index (κ1) is 47.8. The molecule has 1 spiro atoms. The average molecular weight is 953 g/mol. The quantitative estimate of drug-likeness (QED) is 0.0563. The Morgan fingerprint density at radius 3 is 1.19 bits per heavy atom. The van der Waals surface area contributed by atoms with Crippen LogP contribution in [0.2, 0.25) is 0 Å². The summed E-state index contributed by atoms with van der Waals surface area (Å²) in [7, 11) is -0.907. The van der Waals surface area contributed by atoms with E-state index >= 15 is 0 Å². The molecule has 3 unspecified atom stereocenters. The fourth-order valence-electron chi connectivity index (χ4n) is 12.1. The van der Waals surface area contributed by atoms with Crippen molar-refractivity contribution < 1.29 is 18.6 Å². The number of ether oxygens (including phenoxy) is 2. The van der Waals surface area contributed by atoms with Crippen LogP contribution in [-0.2, 0) is 0 Å². The van der Waals surface area contributed by atoms with Crippen molar-refractivity contribution in [3.8, 4) is 11.5 Å². The largest absolute Gasteiger partial charge is 0.704 e. The number of hydrogen-bond donors (Lipinski definition) is 0. The Kier molecular flexibility index (Phi) is 15.3. The minimum atomic E-state index is -1.03. The molecule has 0 aromatic heterocycles. The van der Waals surface area contributed by atoms with Gasteiger partial charge in [0, 0.05) is 12.8 Å². The predicted octanol–water partition coefficient (Wildman–Crippen LogP) is 14.0. The third kappa shape index (κ3) is 10.2. The summed E-state index contributed by atoms with van der Waals surface area (Å²) in [4.78, 5) is 0. The molecule has 2 fully saturated rings. The summed E-state index contributed by atoms with van der Waals surface area (Å²) in [5.74, 6) is 2.97. The smallest absolute Gasteiger partial charge is 0.340 e. The number of benzene rings is 6. The van der Waals surface area contributed by atoms with Gasteiger partial charge >= 0.3 is 6.03 Å². The van der Waals surface area contributed by atoms with Crippen LogP contribution in [0.15, 0.2) is 146 Å². The van der Waals surface area contributed by atoms with Crippen LogP contribution in [0.4, 0.5) is 0 Å². The summed E-state index contributed by atoms with van der Waals surface area (Å²) >= 11 is 0. The van der Waals surface area contributed by atoms with Crippen molar-refractivity contribution in [1.82, 2.24) is 0 Å². The molecule has 6 aromatic rings. The lowest BCUT2D eigenvalue weighted by Gasteiger charge is -2.30. The second-order valence-corrected chi connectivity index (χ2v) is 25.0. The van der Waals surface area contributed by atoms with Crippen LogP contribution in [0.5, 0.6) is 11.5 Å². The molecular weight excluding hydrogens is 879 g/mol. The molecule has 356 valence electrons. The van der Waals surface area contributed by atoms with Crippen LogP contribution in [0.1, 0.15) is 149 Å². The Labute approximate surface area is 416 Å². The highest BCUT2D eigenvalue weighted by Gasteiger charge is 2.76. The molecule has 3 atom stereocenters. The highest BCUT2D eigenvalue weighted by molar-refractivity contribution is 7.73. The SMILES string of the molecule is CCCCC(CCCC)c1cc(C)c2c(c1)C=[N+]1C3CCCCC3[N+]3=Cc4cc(C(CCCP(c5ccccc5)c5ccccc5)CCCP(c5ccccc5)c5ccccc5)cc(C)c4OC13O2. The summed E-state index contributed by atoms with van der Waals surface area (Å²) < 4.78 is 19.9. The van der Waals surface area contributed by atoms with Gasteiger partial charge in [-0.05, 0) is 161 Å². The van der Waals surface area contributed by atoms with Crippen LogP contribution in [0.3, 0.4) is 0 Å². The highest BCUT2D eigenvalue weighted by Crippen LogP contribution is 2.48. The molecule has 3 heterocycles. The molecule has 6 heteroatoms. The van der Waals surface area contributed by atoms with Crippen LogP contribution < -0.4 is 30.7 Å². The lowest BCUT2D eigenvalue weighted by Crippen LogP contribution is -2.60. The minimum Gasteiger partial charge on any atom is -0.340 e. The van der Waals surface area contributed by atoms with Crippen LogP contribution in [0, 0.1) is 13.8 Å². The van der Waals surface area contributed by atoms with Gasteiger partial charge < -0.3 is 9.47 Å². The van der Waals surface area contributed by atoms with Gasteiger partial charge in [-0.1, -0.05) is 182 Å². The fourth-order valence-corrected chi connectivity index (χ4v) is 16.9. The summed E-state index contributed by atoms with van der Waals surface area (Å²) in [6, 6.07) is 54.6. The van der Waals surface area contributed by atoms with E-state index in [1.54, 1.807) is 0 Å². The monoisotopic (exact) mass is 953 g/mol. The zero-order valence-electron chi connectivity index (χ0n) is 41.7. The van der Waals surface area contributed by atoms with Crippen LogP contribution in [0.25, 0.3) is 0 Å². The standard InChI is InChI=1S/C63H74N2O2P2/c1-5-7-25-49(26-8-6-2)51-41-47(3)61-53(43-51)45-64-59-37-21-22-38-60(59)65-46-54-44-52(42-48(4)62(54)67-63(64,65)66-61)50(27-23-39-68(55-29-13-9-14-30-55)56-31-15-10-16-32-56)28-24-40-69(57-33-17-11-18-34-57)58-35-19-12-20-36-58/h9-20,29-36,41-46,49-50,59-60H,5-8,21-28,37-40H2,1-4H3/q+2. The van der Waals surface area contributed by atoms with E-state index in [2.05, 4.69) is 195 Å². The molecule has 0 amide bonds. The molecule has 1 aliphatic carbocycles. The molecule has 10 rings (SSSR count). The van der Waals surface area contributed by atoms with Gasteiger partial charge in [-0.3, -0.25) is 0 Å². The topological polar surface area (TPSA) is 24.5 Å². The van der Waals surface area contributed by atoms with Gasteiger partial charge in [0.2, 0.25) is 12.1 Å². The first-order valence-electron chi connectivity index (χ1n) is 26.6. The van der Waals surface area contributed by atoms with E-state index in [0.29, 0.717) is 23.9 Å². The van der Waals surface area contributed by atoms with Gasteiger partial charge in [-0.15, -0.1) is 0 Å². The molecule has 4 aliphatic rings. The van der Waals surface area contributed by atoms with Crippen molar-refractivity contribution in [3.05, 3.63) is 179 Å². The zero-order chi connectivity index (χ0) is 47.2. The number of unbranched alkanes of at least 4 members (excludes halogenated alkanes) is 2. The summed E-state index contributed by atoms with van der Waals surface area (Å²) in [6.45, 7) is 9.18. The Hall–Kier alpha value is -4.88. The molecule has 1 saturated heterocycles. The first-order valence-corrected chi connectivity index (χ1v) is 29.7. The maximum atomic E-state index is 7.49. The minimum absolute atomic E-state index is 0.323. The number of aryl methyl sites for hydroxylation is 2. The van der Waals surface area contributed by atoms with E-state index in [-0.39, 0.29) is 0 Å². The van der Waals surface area contributed by atoms with E-state index in [9.17, 15) is 0 Å². The van der Waals surface area contributed by atoms with Gasteiger partial charge in [0.15, 0.2) is 23.9 Å². The second kappa shape index (κ2) is 22.0. The third-order valence-electron chi connectivity index (χ3n) is 15.6. The number of hydrogen-bond acceptors (Lipinski definition) is 2. The van der Waals surface area contributed by atoms with Gasteiger partial charge in [0.1, 0.15) is 0 Å². The van der Waals surface area contributed by atoms with Crippen molar-refractivity contribution in [3.63, 3.8) is 0 Å². The average Bonchev–Trinajstić information content (AvgIpc) is 3.66. The molecule has 4 nitrogen and oxygen atoms in total. The maximum absolute atomic E-state index is 7.49. The summed E-state index contributed by atoms with van der Waals surface area (Å²) in [5.41, 5.74) is 7.78. The molecular formula is C63H74N2O2P2+2. The van der Waals surface area contributed by atoms with Crippen molar-refractivity contribution in [2.24, 2.45) is 0 Å². The molecule has 0 N–H and O–H groups in total. The van der Waals surface area contributed by atoms with Crippen molar-refractivity contribution in [2.45, 2.75) is 148 Å². The highest BCUT2D eigenvalue weighted by atomic mass is 31.1. The lowest BCUT2D eigenvalue weighted by atomic mass is 9.87. The van der Waals surface area contributed by atoms with Crippen molar-refractivity contribution >= 4 is 49.5 Å². The third-order valence-corrected chi connectivity index (χ3v) is 20.8.